The van der Waals surface area contributed by atoms with Crippen molar-refractivity contribution in [1.29, 1.82) is 0 Å². The first-order valence-electron chi connectivity index (χ1n) is 6.44. The van der Waals surface area contributed by atoms with Gasteiger partial charge in [0.1, 0.15) is 0 Å². The van der Waals surface area contributed by atoms with E-state index >= 15 is 0 Å². The molecule has 0 radical (unpaired) electrons. The van der Waals surface area contributed by atoms with Crippen LogP contribution in [0.15, 0.2) is 18.2 Å². The minimum atomic E-state index is 0.617. The summed E-state index contributed by atoms with van der Waals surface area (Å²) >= 11 is 0. The van der Waals surface area contributed by atoms with Gasteiger partial charge in [0.2, 0.25) is 5.95 Å². The van der Waals surface area contributed by atoms with Crippen molar-refractivity contribution in [2.45, 2.75) is 32.7 Å². The van der Waals surface area contributed by atoms with Crippen LogP contribution in [-0.2, 0) is 11.3 Å². The number of benzene rings is 1. The Morgan fingerprint density at radius 3 is 2.89 bits per heavy atom. The molecule has 1 aromatic heterocycles. The SMILES string of the molecule is COCCCCCn1c(N)nc2c(C)cccc21. The Bertz CT molecular complexity index is 519. The van der Waals surface area contributed by atoms with Crippen molar-refractivity contribution in [2.75, 3.05) is 19.5 Å². The van der Waals surface area contributed by atoms with Crippen LogP contribution in [0.4, 0.5) is 5.95 Å². The molecule has 98 valence electrons. The van der Waals surface area contributed by atoms with Gasteiger partial charge in [0.15, 0.2) is 0 Å². The van der Waals surface area contributed by atoms with Gasteiger partial charge in [0, 0.05) is 20.3 Å². The van der Waals surface area contributed by atoms with Crippen LogP contribution in [0.1, 0.15) is 24.8 Å². The maximum Gasteiger partial charge on any atom is 0.201 e. The number of nitrogen functional groups attached to an aromatic ring is 1. The molecule has 0 saturated heterocycles. The Balaban J connectivity index is 2.08. The number of rotatable bonds is 6. The highest BCUT2D eigenvalue weighted by Crippen LogP contribution is 2.21. The average Bonchev–Trinajstić information content (AvgIpc) is 2.68. The molecule has 4 heteroatoms. The number of hydrogen-bond donors (Lipinski definition) is 1. The van der Waals surface area contributed by atoms with Gasteiger partial charge in [-0.25, -0.2) is 4.98 Å². The van der Waals surface area contributed by atoms with E-state index in [1.165, 1.54) is 5.56 Å². The minimum Gasteiger partial charge on any atom is -0.385 e. The zero-order valence-corrected chi connectivity index (χ0v) is 11.1. The van der Waals surface area contributed by atoms with Gasteiger partial charge in [-0.2, -0.15) is 0 Å². The van der Waals surface area contributed by atoms with Gasteiger partial charge in [-0.3, -0.25) is 0 Å². The van der Waals surface area contributed by atoms with Crippen LogP contribution in [0.5, 0.6) is 0 Å². The van der Waals surface area contributed by atoms with E-state index < -0.39 is 0 Å². The van der Waals surface area contributed by atoms with E-state index in [-0.39, 0.29) is 0 Å². The first-order chi connectivity index (χ1) is 8.74. The van der Waals surface area contributed by atoms with Gasteiger partial charge >= 0.3 is 0 Å². The third-order valence-electron chi connectivity index (χ3n) is 3.24. The smallest absolute Gasteiger partial charge is 0.201 e. The number of aromatic nitrogens is 2. The molecule has 0 spiro atoms. The molecule has 2 aromatic rings. The molecule has 1 heterocycles. The summed E-state index contributed by atoms with van der Waals surface area (Å²) in [5.41, 5.74) is 9.33. The molecule has 0 bridgehead atoms. The van der Waals surface area contributed by atoms with Crippen molar-refractivity contribution in [3.8, 4) is 0 Å². The lowest BCUT2D eigenvalue weighted by molar-refractivity contribution is 0.191. The van der Waals surface area contributed by atoms with Crippen LogP contribution >= 0.6 is 0 Å². The number of ether oxygens (including phenoxy) is 1. The highest BCUT2D eigenvalue weighted by Gasteiger charge is 2.08. The van der Waals surface area contributed by atoms with Crippen LogP contribution in [-0.4, -0.2) is 23.3 Å². The molecule has 18 heavy (non-hydrogen) atoms. The molecule has 0 aliphatic carbocycles. The number of unbranched alkanes of at least 4 members (excludes halogenated alkanes) is 2. The second kappa shape index (κ2) is 5.87. The normalized spacial score (nSPS) is 11.2. The van der Waals surface area contributed by atoms with Gasteiger partial charge in [0.05, 0.1) is 11.0 Å². The van der Waals surface area contributed by atoms with E-state index in [4.69, 9.17) is 10.5 Å². The highest BCUT2D eigenvalue weighted by atomic mass is 16.5. The van der Waals surface area contributed by atoms with Crippen molar-refractivity contribution in [1.82, 2.24) is 9.55 Å². The van der Waals surface area contributed by atoms with E-state index in [0.717, 1.165) is 43.4 Å². The van der Waals surface area contributed by atoms with Gasteiger partial charge in [-0.1, -0.05) is 12.1 Å². The number of nitrogens with zero attached hydrogens (tertiary/aromatic N) is 2. The maximum atomic E-state index is 5.99. The molecule has 0 fully saturated rings. The maximum absolute atomic E-state index is 5.99. The van der Waals surface area contributed by atoms with E-state index in [1.54, 1.807) is 7.11 Å². The van der Waals surface area contributed by atoms with E-state index in [0.29, 0.717) is 5.95 Å². The van der Waals surface area contributed by atoms with Gasteiger partial charge in [-0.15, -0.1) is 0 Å². The summed E-state index contributed by atoms with van der Waals surface area (Å²) in [7, 11) is 1.74. The van der Waals surface area contributed by atoms with Crippen LogP contribution in [0.2, 0.25) is 0 Å². The molecule has 2 rings (SSSR count). The summed E-state index contributed by atoms with van der Waals surface area (Å²) in [6.45, 7) is 3.83. The van der Waals surface area contributed by atoms with E-state index in [2.05, 4.69) is 34.7 Å². The number of anilines is 1. The Morgan fingerprint density at radius 2 is 2.11 bits per heavy atom. The standard InChI is InChI=1S/C14H21N3O/c1-11-7-6-8-12-13(11)16-14(15)17(12)9-4-3-5-10-18-2/h6-8H,3-5,9-10H2,1-2H3,(H2,15,16). The summed E-state index contributed by atoms with van der Waals surface area (Å²) in [6.07, 6.45) is 3.35. The van der Waals surface area contributed by atoms with Crippen molar-refractivity contribution in [3.63, 3.8) is 0 Å². The van der Waals surface area contributed by atoms with E-state index in [1.807, 2.05) is 0 Å². The van der Waals surface area contributed by atoms with Crippen molar-refractivity contribution in [2.24, 2.45) is 0 Å². The van der Waals surface area contributed by atoms with Crippen molar-refractivity contribution in [3.05, 3.63) is 23.8 Å². The van der Waals surface area contributed by atoms with Gasteiger partial charge in [-0.05, 0) is 37.8 Å². The third kappa shape index (κ3) is 2.64. The quantitative estimate of drug-likeness (QED) is 0.798. The Hall–Kier alpha value is -1.55. The van der Waals surface area contributed by atoms with Crippen LogP contribution in [0.25, 0.3) is 11.0 Å². The monoisotopic (exact) mass is 247 g/mol. The summed E-state index contributed by atoms with van der Waals surface area (Å²) in [5.74, 6) is 0.617. The summed E-state index contributed by atoms with van der Waals surface area (Å²) in [5, 5.41) is 0. The summed E-state index contributed by atoms with van der Waals surface area (Å²) < 4.78 is 7.15. The van der Waals surface area contributed by atoms with Crippen LogP contribution in [0, 0.1) is 6.92 Å². The molecule has 1 aromatic carbocycles. The number of para-hydroxylation sites is 1. The fourth-order valence-electron chi connectivity index (χ4n) is 2.23. The molecule has 0 aliphatic rings. The van der Waals surface area contributed by atoms with Gasteiger partial charge < -0.3 is 15.0 Å². The number of fused-ring (bicyclic) bond motifs is 1. The second-order valence-corrected chi connectivity index (χ2v) is 4.62. The van der Waals surface area contributed by atoms with Crippen molar-refractivity contribution >= 4 is 17.0 Å². The molecule has 0 amide bonds. The number of imidazole rings is 1. The van der Waals surface area contributed by atoms with Crippen LogP contribution in [0.3, 0.4) is 0 Å². The molecule has 4 nitrogen and oxygen atoms in total. The number of aryl methyl sites for hydroxylation is 2. The lowest BCUT2D eigenvalue weighted by Gasteiger charge is -2.06. The third-order valence-corrected chi connectivity index (χ3v) is 3.24. The molecule has 0 atom stereocenters. The van der Waals surface area contributed by atoms with Crippen LogP contribution < -0.4 is 5.73 Å². The van der Waals surface area contributed by atoms with Gasteiger partial charge in [0.25, 0.3) is 0 Å². The molecule has 0 unspecified atom stereocenters. The molecule has 0 aliphatic heterocycles. The predicted molar refractivity (Wildman–Crippen MR) is 74.6 cm³/mol. The Kier molecular flexibility index (Phi) is 4.20. The van der Waals surface area contributed by atoms with E-state index in [9.17, 15) is 0 Å². The summed E-state index contributed by atoms with van der Waals surface area (Å²) in [6, 6.07) is 6.21. The zero-order valence-electron chi connectivity index (χ0n) is 11.1. The Morgan fingerprint density at radius 1 is 1.28 bits per heavy atom. The molecule has 2 N–H and O–H groups in total. The summed E-state index contributed by atoms with van der Waals surface area (Å²) in [4.78, 5) is 4.44. The number of methoxy groups -OCH3 is 1. The first kappa shape index (κ1) is 12.9. The number of hydrogen-bond acceptors (Lipinski definition) is 3. The lowest BCUT2D eigenvalue weighted by Crippen LogP contribution is -2.03. The average molecular weight is 247 g/mol. The highest BCUT2D eigenvalue weighted by molar-refractivity contribution is 5.81. The number of nitrogens with two attached hydrogens (primary N) is 1. The lowest BCUT2D eigenvalue weighted by atomic mass is 10.2. The zero-order chi connectivity index (χ0) is 13.0. The fourth-order valence-corrected chi connectivity index (χ4v) is 2.23. The molecular weight excluding hydrogens is 226 g/mol. The second-order valence-electron chi connectivity index (χ2n) is 4.62. The molecular formula is C14H21N3O. The molecule has 0 saturated carbocycles. The largest absolute Gasteiger partial charge is 0.385 e. The Labute approximate surface area is 108 Å². The first-order valence-corrected chi connectivity index (χ1v) is 6.44. The topological polar surface area (TPSA) is 53.1 Å². The fraction of sp³-hybridized carbons (Fsp3) is 0.500. The predicted octanol–water partition coefficient (Wildman–Crippen LogP) is 2.74. The minimum absolute atomic E-state index is 0.617. The van der Waals surface area contributed by atoms with Crippen molar-refractivity contribution < 1.29 is 4.74 Å².